The van der Waals surface area contributed by atoms with Crippen molar-refractivity contribution in [2.24, 2.45) is 5.84 Å². The first-order chi connectivity index (χ1) is 7.61. The second kappa shape index (κ2) is 5.84. The van der Waals surface area contributed by atoms with Gasteiger partial charge in [0.05, 0.1) is 0 Å². The smallest absolute Gasteiger partial charge is 0.397 e. The topological polar surface area (TPSA) is 95.7 Å². The predicted octanol–water partition coefficient (Wildman–Crippen LogP) is -0.479. The number of hydrogen-bond donors (Lipinski definition) is 3. The summed E-state index contributed by atoms with van der Waals surface area (Å²) in [5.41, 5.74) is 3.57. The zero-order valence-corrected chi connectivity index (χ0v) is 8.59. The van der Waals surface area contributed by atoms with Gasteiger partial charge >= 0.3 is 11.9 Å². The molecular formula is C10H13N3O3. The highest BCUT2D eigenvalue weighted by Gasteiger charge is 2.16. The number of nitrogens with zero attached hydrogens (tertiary/aromatic N) is 1. The first-order valence-corrected chi connectivity index (χ1v) is 4.71. The molecule has 0 bridgehead atoms. The highest BCUT2D eigenvalue weighted by molar-refractivity contribution is 6.31. The number of rotatable bonds is 4. The van der Waals surface area contributed by atoms with Gasteiger partial charge in [-0.2, -0.15) is 0 Å². The van der Waals surface area contributed by atoms with Crippen LogP contribution in [0.4, 0.5) is 0 Å². The Hall–Kier alpha value is -1.92. The molecule has 0 aromatic heterocycles. The maximum absolute atomic E-state index is 10.8. The fraction of sp³-hybridized carbons (Fsp3) is 0.200. The molecule has 1 rings (SSSR count). The number of hydrazine groups is 2. The summed E-state index contributed by atoms with van der Waals surface area (Å²) in [6.45, 7) is 0.388. The van der Waals surface area contributed by atoms with E-state index in [9.17, 15) is 9.59 Å². The van der Waals surface area contributed by atoms with Crippen LogP contribution in [0.2, 0.25) is 0 Å². The van der Waals surface area contributed by atoms with Gasteiger partial charge in [-0.05, 0) is 12.0 Å². The minimum Gasteiger partial charge on any atom is -0.474 e. The van der Waals surface area contributed by atoms with Crippen LogP contribution in [0.3, 0.4) is 0 Å². The van der Waals surface area contributed by atoms with Gasteiger partial charge in [-0.25, -0.2) is 21.2 Å². The lowest BCUT2D eigenvalue weighted by Crippen LogP contribution is -2.51. The number of aliphatic carboxylic acids is 1. The number of carboxylic acid groups (broad SMARTS) is 1. The normalized spacial score (nSPS) is 9.81. The molecule has 1 amide bonds. The van der Waals surface area contributed by atoms with Gasteiger partial charge in [-0.1, -0.05) is 30.3 Å². The average molecular weight is 223 g/mol. The highest BCUT2D eigenvalue weighted by atomic mass is 16.4. The summed E-state index contributed by atoms with van der Waals surface area (Å²) >= 11 is 0. The van der Waals surface area contributed by atoms with E-state index in [0.29, 0.717) is 18.1 Å². The Balaban J connectivity index is 2.31. The quantitative estimate of drug-likeness (QED) is 0.277. The van der Waals surface area contributed by atoms with Crippen molar-refractivity contribution in [3.63, 3.8) is 0 Å². The molecule has 0 spiro atoms. The van der Waals surface area contributed by atoms with Crippen LogP contribution in [0.15, 0.2) is 30.3 Å². The third kappa shape index (κ3) is 3.68. The molecule has 0 saturated carbocycles. The summed E-state index contributed by atoms with van der Waals surface area (Å²) in [5.74, 6) is 2.40. The molecule has 1 aromatic rings. The minimum atomic E-state index is -1.59. The number of benzene rings is 1. The molecule has 86 valence electrons. The van der Waals surface area contributed by atoms with Crippen molar-refractivity contribution >= 4 is 11.9 Å². The molecule has 0 aliphatic heterocycles. The lowest BCUT2D eigenvalue weighted by molar-refractivity contribution is -0.157. The third-order valence-electron chi connectivity index (χ3n) is 1.94. The van der Waals surface area contributed by atoms with E-state index < -0.39 is 11.9 Å². The second-order valence-electron chi connectivity index (χ2n) is 3.12. The minimum absolute atomic E-state index is 0.388. The summed E-state index contributed by atoms with van der Waals surface area (Å²) in [6, 6.07) is 9.57. The van der Waals surface area contributed by atoms with Crippen LogP contribution in [0.1, 0.15) is 5.56 Å². The van der Waals surface area contributed by atoms with Crippen molar-refractivity contribution in [2.45, 2.75) is 6.42 Å². The Labute approximate surface area is 92.6 Å². The summed E-state index contributed by atoms with van der Waals surface area (Å²) < 4.78 is 0. The van der Waals surface area contributed by atoms with Crippen LogP contribution < -0.4 is 11.3 Å². The Morgan fingerprint density at radius 3 is 2.50 bits per heavy atom. The first-order valence-electron chi connectivity index (χ1n) is 4.71. The maximum Gasteiger partial charge on any atom is 0.397 e. The Kier molecular flexibility index (Phi) is 4.43. The Bertz CT molecular complexity index is 367. The molecule has 0 atom stereocenters. The number of carboxylic acids is 1. The summed E-state index contributed by atoms with van der Waals surface area (Å²) in [6.07, 6.45) is 0.654. The van der Waals surface area contributed by atoms with Gasteiger partial charge in [-0.15, -0.1) is 0 Å². The lowest BCUT2D eigenvalue weighted by atomic mass is 10.2. The molecule has 16 heavy (non-hydrogen) atoms. The number of nitrogens with two attached hydrogens (primary N) is 1. The van der Waals surface area contributed by atoms with E-state index in [4.69, 9.17) is 10.9 Å². The molecule has 6 heteroatoms. The SMILES string of the molecule is NN(NCCc1ccccc1)C(=O)C(=O)O. The van der Waals surface area contributed by atoms with Crippen LogP contribution >= 0.6 is 0 Å². The molecule has 0 unspecified atom stereocenters. The predicted molar refractivity (Wildman–Crippen MR) is 56.8 cm³/mol. The van der Waals surface area contributed by atoms with Crippen molar-refractivity contribution in [1.82, 2.24) is 10.5 Å². The van der Waals surface area contributed by atoms with Gasteiger partial charge in [0, 0.05) is 6.54 Å². The van der Waals surface area contributed by atoms with Gasteiger partial charge in [-0.3, -0.25) is 4.79 Å². The van der Waals surface area contributed by atoms with Crippen molar-refractivity contribution in [3.05, 3.63) is 35.9 Å². The van der Waals surface area contributed by atoms with Gasteiger partial charge in [0.15, 0.2) is 0 Å². The van der Waals surface area contributed by atoms with E-state index >= 15 is 0 Å². The van der Waals surface area contributed by atoms with Gasteiger partial charge in [0.1, 0.15) is 0 Å². The van der Waals surface area contributed by atoms with E-state index in [1.54, 1.807) is 0 Å². The molecule has 6 nitrogen and oxygen atoms in total. The molecule has 0 aliphatic carbocycles. The largest absolute Gasteiger partial charge is 0.474 e. The Morgan fingerprint density at radius 2 is 1.94 bits per heavy atom. The fourth-order valence-corrected chi connectivity index (χ4v) is 1.14. The zero-order chi connectivity index (χ0) is 12.0. The third-order valence-corrected chi connectivity index (χ3v) is 1.94. The molecule has 0 heterocycles. The van der Waals surface area contributed by atoms with Crippen molar-refractivity contribution in [2.75, 3.05) is 6.54 Å². The van der Waals surface area contributed by atoms with E-state index in [0.717, 1.165) is 5.56 Å². The van der Waals surface area contributed by atoms with Crippen molar-refractivity contribution in [1.29, 1.82) is 0 Å². The van der Waals surface area contributed by atoms with E-state index in [-0.39, 0.29) is 0 Å². The molecule has 0 saturated heterocycles. The number of amides is 1. The second-order valence-corrected chi connectivity index (χ2v) is 3.12. The number of hydrogen-bond acceptors (Lipinski definition) is 4. The van der Waals surface area contributed by atoms with Gasteiger partial charge < -0.3 is 5.11 Å². The van der Waals surface area contributed by atoms with Crippen LogP contribution in [-0.2, 0) is 16.0 Å². The van der Waals surface area contributed by atoms with Gasteiger partial charge in [0.2, 0.25) is 0 Å². The monoisotopic (exact) mass is 223 g/mol. The molecular weight excluding hydrogens is 210 g/mol. The average Bonchev–Trinajstić information content (AvgIpc) is 2.29. The van der Waals surface area contributed by atoms with Crippen LogP contribution in [0, 0.1) is 0 Å². The van der Waals surface area contributed by atoms with Crippen LogP contribution in [0.25, 0.3) is 0 Å². The molecule has 0 radical (unpaired) electrons. The summed E-state index contributed by atoms with van der Waals surface area (Å²) in [4.78, 5) is 21.1. The Morgan fingerprint density at radius 1 is 1.31 bits per heavy atom. The number of carbonyl (C=O) groups excluding carboxylic acids is 1. The van der Waals surface area contributed by atoms with E-state index in [1.807, 2.05) is 30.3 Å². The molecule has 0 fully saturated rings. The van der Waals surface area contributed by atoms with Crippen LogP contribution in [0.5, 0.6) is 0 Å². The van der Waals surface area contributed by atoms with Crippen molar-refractivity contribution in [3.8, 4) is 0 Å². The summed E-state index contributed by atoms with van der Waals surface area (Å²) in [5, 5.41) is 8.84. The van der Waals surface area contributed by atoms with E-state index in [2.05, 4.69) is 5.43 Å². The fourth-order valence-electron chi connectivity index (χ4n) is 1.14. The van der Waals surface area contributed by atoms with Gasteiger partial charge in [0.25, 0.3) is 0 Å². The number of carbonyl (C=O) groups is 2. The summed E-state index contributed by atoms with van der Waals surface area (Å²) in [7, 11) is 0. The van der Waals surface area contributed by atoms with Crippen LogP contribution in [-0.4, -0.2) is 28.6 Å². The van der Waals surface area contributed by atoms with Crippen molar-refractivity contribution < 1.29 is 14.7 Å². The molecule has 1 aromatic carbocycles. The first kappa shape index (κ1) is 12.2. The number of nitrogens with one attached hydrogen (secondary N) is 1. The lowest BCUT2D eigenvalue weighted by Gasteiger charge is -2.14. The highest BCUT2D eigenvalue weighted by Crippen LogP contribution is 1.97. The zero-order valence-electron chi connectivity index (χ0n) is 8.59. The van der Waals surface area contributed by atoms with E-state index in [1.165, 1.54) is 0 Å². The maximum atomic E-state index is 10.8. The standard InChI is InChI=1S/C10H13N3O3/c11-13(9(14)10(15)16)12-7-6-8-4-2-1-3-5-8/h1-5,12H,6-7,11H2,(H,15,16). The molecule has 4 N–H and O–H groups in total. The molecule has 0 aliphatic rings.